The van der Waals surface area contributed by atoms with Crippen molar-refractivity contribution in [3.63, 3.8) is 0 Å². The van der Waals surface area contributed by atoms with Crippen LogP contribution in [0.4, 0.5) is 0 Å². The highest BCUT2D eigenvalue weighted by molar-refractivity contribution is 5.89. The van der Waals surface area contributed by atoms with Gasteiger partial charge in [0.1, 0.15) is 5.54 Å². The van der Waals surface area contributed by atoms with Crippen molar-refractivity contribution in [2.75, 3.05) is 46.5 Å². The van der Waals surface area contributed by atoms with Crippen LogP contribution in [0.1, 0.15) is 35.1 Å². The maximum absolute atomic E-state index is 12.9. The third-order valence-electron chi connectivity index (χ3n) is 6.11. The largest absolute Gasteiger partial charge is 0.467 e. The number of methoxy groups -OCH3 is 1. The Labute approximate surface area is 173 Å². The molecule has 2 saturated heterocycles. The van der Waals surface area contributed by atoms with Gasteiger partial charge in [-0.15, -0.1) is 0 Å². The molecule has 2 fully saturated rings. The Morgan fingerprint density at radius 1 is 1.03 bits per heavy atom. The van der Waals surface area contributed by atoms with Gasteiger partial charge in [-0.25, -0.2) is 14.8 Å². The maximum atomic E-state index is 12.9. The lowest BCUT2D eigenvalue weighted by Crippen LogP contribution is -2.63. The second kappa shape index (κ2) is 9.24. The van der Waals surface area contributed by atoms with Crippen molar-refractivity contribution in [3.05, 3.63) is 34.4 Å². The van der Waals surface area contributed by atoms with Crippen molar-refractivity contribution in [2.45, 2.75) is 45.6 Å². The predicted molar refractivity (Wildman–Crippen MR) is 110 cm³/mol. The summed E-state index contributed by atoms with van der Waals surface area (Å²) in [6.07, 6.45) is 1.34. The van der Waals surface area contributed by atoms with Crippen molar-refractivity contribution >= 4 is 11.9 Å². The van der Waals surface area contributed by atoms with E-state index in [1.165, 1.54) is 12.7 Å². The smallest absolute Gasteiger partial charge is 0.331 e. The highest BCUT2D eigenvalue weighted by atomic mass is 16.5. The molecule has 1 aromatic rings. The number of hydrogen-bond acceptors (Lipinski definition) is 6. The Hall–Kier alpha value is -1.96. The van der Waals surface area contributed by atoms with Crippen LogP contribution in [0.2, 0.25) is 0 Å². The number of esters is 1. The van der Waals surface area contributed by atoms with E-state index in [9.17, 15) is 9.59 Å². The number of amides is 1. The standard InChI is InChI=1S/C22H33N3O4/c1-16-13-17(2)19(18(3)14-16)15-20(26)23-22(21(27)28-4)5-7-24(8-6-22)25-9-11-29-12-10-25/h13-14H,5-12,15H2,1-4H3,(H,23,26). The molecule has 0 aromatic heterocycles. The lowest BCUT2D eigenvalue weighted by atomic mass is 9.87. The molecule has 1 aromatic carbocycles. The molecular weight excluding hydrogens is 370 g/mol. The van der Waals surface area contributed by atoms with Gasteiger partial charge in [0.2, 0.25) is 5.91 Å². The van der Waals surface area contributed by atoms with Gasteiger partial charge in [0.15, 0.2) is 0 Å². The third-order valence-corrected chi connectivity index (χ3v) is 6.11. The van der Waals surface area contributed by atoms with Gasteiger partial charge in [-0.2, -0.15) is 0 Å². The molecule has 0 saturated carbocycles. The number of nitrogens with one attached hydrogen (secondary N) is 1. The fourth-order valence-electron chi connectivity index (χ4n) is 4.53. The van der Waals surface area contributed by atoms with Crippen LogP contribution in [0.15, 0.2) is 12.1 Å². The molecule has 3 rings (SSSR count). The van der Waals surface area contributed by atoms with Crippen LogP contribution in [0.25, 0.3) is 0 Å². The molecule has 0 aliphatic carbocycles. The van der Waals surface area contributed by atoms with Gasteiger partial charge >= 0.3 is 5.97 Å². The summed E-state index contributed by atoms with van der Waals surface area (Å²) >= 11 is 0. The lowest BCUT2D eigenvalue weighted by molar-refractivity contribution is -0.158. The summed E-state index contributed by atoms with van der Waals surface area (Å²) in [5.41, 5.74) is 3.46. The summed E-state index contributed by atoms with van der Waals surface area (Å²) < 4.78 is 10.5. The van der Waals surface area contributed by atoms with Crippen molar-refractivity contribution < 1.29 is 19.1 Å². The van der Waals surface area contributed by atoms with Gasteiger partial charge < -0.3 is 14.8 Å². The minimum atomic E-state index is -0.957. The molecule has 0 unspecified atom stereocenters. The zero-order valence-electron chi connectivity index (χ0n) is 18.0. The fourth-order valence-corrected chi connectivity index (χ4v) is 4.53. The topological polar surface area (TPSA) is 71.1 Å². The molecule has 0 radical (unpaired) electrons. The number of piperidine rings is 1. The fraction of sp³-hybridized carbons (Fsp3) is 0.636. The van der Waals surface area contributed by atoms with Crippen LogP contribution >= 0.6 is 0 Å². The van der Waals surface area contributed by atoms with Crippen LogP contribution in [-0.4, -0.2) is 73.9 Å². The number of aryl methyl sites for hydroxylation is 3. The zero-order valence-corrected chi connectivity index (χ0v) is 18.0. The van der Waals surface area contributed by atoms with E-state index in [2.05, 4.69) is 34.4 Å². The molecule has 7 nitrogen and oxygen atoms in total. The maximum Gasteiger partial charge on any atom is 0.331 e. The second-order valence-electron chi connectivity index (χ2n) is 8.20. The number of ether oxygens (including phenoxy) is 2. The second-order valence-corrected chi connectivity index (χ2v) is 8.20. The molecule has 7 heteroatoms. The van der Waals surface area contributed by atoms with E-state index in [-0.39, 0.29) is 18.3 Å². The first-order chi connectivity index (χ1) is 13.8. The summed E-state index contributed by atoms with van der Waals surface area (Å²) in [6, 6.07) is 4.18. The van der Waals surface area contributed by atoms with E-state index in [1.54, 1.807) is 0 Å². The summed E-state index contributed by atoms with van der Waals surface area (Å²) in [7, 11) is 1.39. The molecule has 2 aliphatic rings. The van der Waals surface area contributed by atoms with E-state index in [4.69, 9.17) is 9.47 Å². The lowest BCUT2D eigenvalue weighted by Gasteiger charge is -2.45. The minimum absolute atomic E-state index is 0.134. The Morgan fingerprint density at radius 3 is 2.14 bits per heavy atom. The summed E-state index contributed by atoms with van der Waals surface area (Å²) in [4.78, 5) is 25.6. The van der Waals surface area contributed by atoms with Crippen molar-refractivity contribution in [1.29, 1.82) is 0 Å². The van der Waals surface area contributed by atoms with E-state index in [1.807, 2.05) is 13.8 Å². The summed E-state index contributed by atoms with van der Waals surface area (Å²) in [6.45, 7) is 10.7. The highest BCUT2D eigenvalue weighted by Gasteiger charge is 2.44. The van der Waals surface area contributed by atoms with Crippen LogP contribution in [-0.2, 0) is 25.5 Å². The van der Waals surface area contributed by atoms with Gasteiger partial charge in [-0.3, -0.25) is 4.79 Å². The minimum Gasteiger partial charge on any atom is -0.467 e. The first-order valence-corrected chi connectivity index (χ1v) is 10.4. The van der Waals surface area contributed by atoms with Gasteiger partial charge in [0.25, 0.3) is 0 Å². The van der Waals surface area contributed by atoms with E-state index < -0.39 is 5.54 Å². The Kier molecular flexibility index (Phi) is 6.93. The number of hydrazine groups is 1. The third kappa shape index (κ3) is 4.97. The molecule has 0 spiro atoms. The molecule has 2 aliphatic heterocycles. The highest BCUT2D eigenvalue weighted by Crippen LogP contribution is 2.26. The molecule has 0 bridgehead atoms. The SMILES string of the molecule is COC(=O)C1(NC(=O)Cc2c(C)cc(C)cc2C)CCN(N2CCOCC2)CC1. The Morgan fingerprint density at radius 2 is 1.59 bits per heavy atom. The monoisotopic (exact) mass is 403 g/mol. The number of nitrogens with zero attached hydrogens (tertiary/aromatic N) is 2. The summed E-state index contributed by atoms with van der Waals surface area (Å²) in [5, 5.41) is 7.59. The van der Waals surface area contributed by atoms with E-state index in [0.717, 1.165) is 43.0 Å². The van der Waals surface area contributed by atoms with Crippen LogP contribution in [0, 0.1) is 20.8 Å². The number of carbonyl (C=O) groups excluding carboxylic acids is 2. The summed E-state index contributed by atoms with van der Waals surface area (Å²) in [5.74, 6) is -0.491. The van der Waals surface area contributed by atoms with Gasteiger partial charge in [0, 0.05) is 26.2 Å². The van der Waals surface area contributed by atoms with Crippen LogP contribution in [0.5, 0.6) is 0 Å². The number of benzene rings is 1. The van der Waals surface area contributed by atoms with Gasteiger partial charge in [-0.05, 0) is 50.3 Å². The first-order valence-electron chi connectivity index (χ1n) is 10.4. The number of carbonyl (C=O) groups is 2. The average Bonchev–Trinajstić information content (AvgIpc) is 2.71. The molecule has 2 heterocycles. The van der Waals surface area contributed by atoms with E-state index >= 15 is 0 Å². The molecule has 1 amide bonds. The zero-order chi connectivity index (χ0) is 21.0. The quantitative estimate of drug-likeness (QED) is 0.752. The molecule has 0 atom stereocenters. The number of morpholine rings is 1. The normalized spacial score (nSPS) is 20.3. The van der Waals surface area contributed by atoms with Crippen LogP contribution < -0.4 is 5.32 Å². The van der Waals surface area contributed by atoms with Crippen molar-refractivity contribution in [3.8, 4) is 0 Å². The van der Waals surface area contributed by atoms with E-state index in [0.29, 0.717) is 25.9 Å². The first kappa shape index (κ1) is 21.7. The molecule has 1 N–H and O–H groups in total. The van der Waals surface area contributed by atoms with Gasteiger partial charge in [0.05, 0.1) is 26.7 Å². The molecule has 160 valence electrons. The Balaban J connectivity index is 1.68. The molecular formula is C22H33N3O4. The number of rotatable bonds is 5. The van der Waals surface area contributed by atoms with Crippen LogP contribution in [0.3, 0.4) is 0 Å². The van der Waals surface area contributed by atoms with Crippen molar-refractivity contribution in [2.24, 2.45) is 0 Å². The average molecular weight is 404 g/mol. The van der Waals surface area contributed by atoms with Crippen molar-refractivity contribution in [1.82, 2.24) is 15.3 Å². The Bertz CT molecular complexity index is 727. The number of hydrogen-bond donors (Lipinski definition) is 1. The van der Waals surface area contributed by atoms with Gasteiger partial charge in [-0.1, -0.05) is 17.7 Å². The molecule has 29 heavy (non-hydrogen) atoms. The predicted octanol–water partition coefficient (Wildman–Crippen LogP) is 1.53.